The van der Waals surface area contributed by atoms with Gasteiger partial charge in [-0.25, -0.2) is 0 Å². The van der Waals surface area contributed by atoms with E-state index in [-0.39, 0.29) is 0 Å². The van der Waals surface area contributed by atoms with Crippen molar-refractivity contribution in [2.75, 3.05) is 0 Å². The lowest BCUT2D eigenvalue weighted by Crippen LogP contribution is -2.36. The van der Waals surface area contributed by atoms with Gasteiger partial charge < -0.3 is 5.21 Å². The predicted octanol–water partition coefficient (Wildman–Crippen LogP) is 3.46. The molecule has 2 heteroatoms. The van der Waals surface area contributed by atoms with Crippen LogP contribution in [-0.2, 0) is 0 Å². The molecule has 1 heterocycles. The fourth-order valence-corrected chi connectivity index (χ4v) is 2.68. The van der Waals surface area contributed by atoms with E-state index in [1.807, 2.05) is 25.1 Å². The summed E-state index contributed by atoms with van der Waals surface area (Å²) in [5, 5.41) is 12.0. The first-order valence-corrected chi connectivity index (χ1v) is 6.48. The van der Waals surface area contributed by atoms with Crippen LogP contribution in [0, 0.1) is 12.1 Å². The SMILES string of the molecule is Cc1cccc(C2CCCCCCC2)[n+]1[O-]. The molecule has 88 valence electrons. The Morgan fingerprint density at radius 3 is 2.38 bits per heavy atom. The summed E-state index contributed by atoms with van der Waals surface area (Å²) < 4.78 is 1.13. The van der Waals surface area contributed by atoms with E-state index in [0.717, 1.165) is 16.1 Å². The lowest BCUT2D eigenvalue weighted by Gasteiger charge is -2.19. The van der Waals surface area contributed by atoms with Crippen molar-refractivity contribution in [3.05, 3.63) is 34.8 Å². The van der Waals surface area contributed by atoms with Crippen LogP contribution in [0.15, 0.2) is 18.2 Å². The number of aryl methyl sites for hydroxylation is 1. The topological polar surface area (TPSA) is 26.9 Å². The molecule has 1 aliphatic carbocycles. The summed E-state index contributed by atoms with van der Waals surface area (Å²) >= 11 is 0. The minimum atomic E-state index is 0.484. The van der Waals surface area contributed by atoms with Gasteiger partial charge >= 0.3 is 0 Å². The average Bonchev–Trinajstić information content (AvgIpc) is 2.23. The Labute approximate surface area is 97.9 Å². The van der Waals surface area contributed by atoms with E-state index < -0.39 is 0 Å². The summed E-state index contributed by atoms with van der Waals surface area (Å²) in [5.41, 5.74) is 1.81. The third-order valence-corrected chi connectivity index (χ3v) is 3.68. The van der Waals surface area contributed by atoms with Gasteiger partial charge in [0, 0.05) is 25.0 Å². The van der Waals surface area contributed by atoms with Gasteiger partial charge in [0.2, 0.25) is 0 Å². The van der Waals surface area contributed by atoms with Gasteiger partial charge in [-0.3, -0.25) is 0 Å². The Bertz CT molecular complexity index is 341. The second-order valence-electron chi connectivity index (χ2n) is 4.93. The van der Waals surface area contributed by atoms with Gasteiger partial charge in [-0.15, -0.1) is 0 Å². The molecule has 2 rings (SSSR count). The lowest BCUT2D eigenvalue weighted by atomic mass is 9.88. The Balaban J connectivity index is 2.17. The molecule has 0 amide bonds. The highest BCUT2D eigenvalue weighted by molar-refractivity contribution is 5.07. The van der Waals surface area contributed by atoms with Crippen LogP contribution in [0.25, 0.3) is 0 Å². The van der Waals surface area contributed by atoms with E-state index in [0.29, 0.717) is 5.92 Å². The molecular weight excluding hydrogens is 198 g/mol. The molecule has 0 unspecified atom stereocenters. The highest BCUT2D eigenvalue weighted by Gasteiger charge is 2.21. The van der Waals surface area contributed by atoms with Crippen molar-refractivity contribution < 1.29 is 4.73 Å². The van der Waals surface area contributed by atoms with E-state index in [2.05, 4.69) is 0 Å². The number of nitrogens with zero attached hydrogens (tertiary/aromatic N) is 1. The van der Waals surface area contributed by atoms with Crippen LogP contribution in [-0.4, -0.2) is 0 Å². The Kier molecular flexibility index (Phi) is 3.81. The van der Waals surface area contributed by atoms with Gasteiger partial charge in [-0.1, -0.05) is 32.1 Å². The molecule has 1 saturated carbocycles. The zero-order valence-electron chi connectivity index (χ0n) is 10.1. The maximum absolute atomic E-state index is 12.0. The van der Waals surface area contributed by atoms with Gasteiger partial charge in [0.05, 0.1) is 0 Å². The smallest absolute Gasteiger partial charge is 0.196 e. The number of hydrogen-bond acceptors (Lipinski definition) is 1. The minimum Gasteiger partial charge on any atom is -0.618 e. The Morgan fingerprint density at radius 2 is 1.69 bits per heavy atom. The molecule has 0 aliphatic heterocycles. The molecule has 1 aliphatic rings. The summed E-state index contributed by atoms with van der Waals surface area (Å²) in [7, 11) is 0. The predicted molar refractivity (Wildman–Crippen MR) is 65.2 cm³/mol. The standard InChI is InChI=1S/C14H21NO/c1-12-8-7-11-14(15(12)16)13-9-5-3-2-4-6-10-13/h7-8,11,13H,2-6,9-10H2,1H3. The van der Waals surface area contributed by atoms with Crippen LogP contribution < -0.4 is 4.73 Å². The Morgan fingerprint density at radius 1 is 1.06 bits per heavy atom. The van der Waals surface area contributed by atoms with Gasteiger partial charge in [0.25, 0.3) is 0 Å². The summed E-state index contributed by atoms with van der Waals surface area (Å²) in [6.45, 7) is 1.89. The van der Waals surface area contributed by atoms with E-state index >= 15 is 0 Å². The average molecular weight is 219 g/mol. The van der Waals surface area contributed by atoms with Gasteiger partial charge in [0.15, 0.2) is 11.4 Å². The van der Waals surface area contributed by atoms with Crippen molar-refractivity contribution >= 4 is 0 Å². The zero-order chi connectivity index (χ0) is 11.4. The van der Waals surface area contributed by atoms with Crippen molar-refractivity contribution in [3.8, 4) is 0 Å². The summed E-state index contributed by atoms with van der Waals surface area (Å²) in [5.74, 6) is 0.484. The zero-order valence-corrected chi connectivity index (χ0v) is 10.1. The number of rotatable bonds is 1. The highest BCUT2D eigenvalue weighted by Crippen LogP contribution is 2.29. The second kappa shape index (κ2) is 5.33. The van der Waals surface area contributed by atoms with Crippen LogP contribution in [0.1, 0.15) is 62.3 Å². The van der Waals surface area contributed by atoms with Gasteiger partial charge in [-0.2, -0.15) is 4.73 Å². The summed E-state index contributed by atoms with van der Waals surface area (Å²) in [6.07, 6.45) is 8.97. The first kappa shape index (κ1) is 11.4. The molecule has 1 aromatic heterocycles. The van der Waals surface area contributed by atoms with E-state index in [1.54, 1.807) is 0 Å². The fraction of sp³-hybridized carbons (Fsp3) is 0.643. The van der Waals surface area contributed by atoms with Crippen LogP contribution >= 0.6 is 0 Å². The first-order chi connectivity index (χ1) is 7.79. The van der Waals surface area contributed by atoms with E-state index in [9.17, 15) is 5.21 Å². The van der Waals surface area contributed by atoms with Crippen LogP contribution in [0.2, 0.25) is 0 Å². The van der Waals surface area contributed by atoms with Crippen molar-refractivity contribution in [3.63, 3.8) is 0 Å². The molecule has 2 nitrogen and oxygen atoms in total. The fourth-order valence-electron chi connectivity index (χ4n) is 2.68. The molecule has 0 N–H and O–H groups in total. The van der Waals surface area contributed by atoms with Gasteiger partial charge in [-0.05, 0) is 18.9 Å². The second-order valence-corrected chi connectivity index (χ2v) is 4.93. The normalized spacial score (nSPS) is 19.1. The number of pyridine rings is 1. The van der Waals surface area contributed by atoms with Crippen molar-refractivity contribution in [2.24, 2.45) is 0 Å². The Hall–Kier alpha value is -1.05. The molecule has 0 radical (unpaired) electrons. The number of hydrogen-bond donors (Lipinski definition) is 0. The molecule has 0 spiro atoms. The molecule has 0 bridgehead atoms. The molecule has 0 saturated heterocycles. The molecule has 0 aromatic carbocycles. The van der Waals surface area contributed by atoms with Crippen LogP contribution in [0.3, 0.4) is 0 Å². The molecule has 0 atom stereocenters. The molecular formula is C14H21NO. The van der Waals surface area contributed by atoms with Crippen LogP contribution in [0.5, 0.6) is 0 Å². The first-order valence-electron chi connectivity index (χ1n) is 6.48. The van der Waals surface area contributed by atoms with Crippen molar-refractivity contribution in [1.82, 2.24) is 0 Å². The van der Waals surface area contributed by atoms with E-state index in [1.165, 1.54) is 44.9 Å². The monoisotopic (exact) mass is 219 g/mol. The highest BCUT2D eigenvalue weighted by atomic mass is 16.5. The lowest BCUT2D eigenvalue weighted by molar-refractivity contribution is -0.622. The maximum Gasteiger partial charge on any atom is 0.196 e. The largest absolute Gasteiger partial charge is 0.618 e. The van der Waals surface area contributed by atoms with Crippen molar-refractivity contribution in [1.29, 1.82) is 0 Å². The molecule has 1 fully saturated rings. The molecule has 1 aromatic rings. The van der Waals surface area contributed by atoms with Gasteiger partial charge in [0.1, 0.15) is 0 Å². The third kappa shape index (κ3) is 2.55. The van der Waals surface area contributed by atoms with Crippen molar-refractivity contribution in [2.45, 2.75) is 57.8 Å². The maximum atomic E-state index is 12.0. The van der Waals surface area contributed by atoms with E-state index in [4.69, 9.17) is 0 Å². The minimum absolute atomic E-state index is 0.484. The van der Waals surface area contributed by atoms with Crippen LogP contribution in [0.4, 0.5) is 0 Å². The number of aromatic nitrogens is 1. The third-order valence-electron chi connectivity index (χ3n) is 3.68. The quantitative estimate of drug-likeness (QED) is 0.525. The summed E-state index contributed by atoms with van der Waals surface area (Å²) in [4.78, 5) is 0. The molecule has 16 heavy (non-hydrogen) atoms. The summed E-state index contributed by atoms with van der Waals surface area (Å²) in [6, 6.07) is 5.91.